The number of methoxy groups -OCH3 is 1. The molecule has 2 N–H and O–H groups in total. The van der Waals surface area contributed by atoms with Crippen LogP contribution >= 0.6 is 0 Å². The van der Waals surface area contributed by atoms with Crippen molar-refractivity contribution in [3.8, 4) is 11.5 Å². The average molecular weight is 298 g/mol. The van der Waals surface area contributed by atoms with Crippen molar-refractivity contribution in [2.75, 3.05) is 12.1 Å². The third-order valence-corrected chi connectivity index (χ3v) is 4.06. The van der Waals surface area contributed by atoms with Crippen molar-refractivity contribution < 1.29 is 9.47 Å². The number of nitrogens with two attached hydrogens (primary N) is 1. The minimum absolute atomic E-state index is 0.284. The number of hydrazine groups is 1. The van der Waals surface area contributed by atoms with E-state index in [1.165, 1.54) is 12.8 Å². The molecule has 22 heavy (non-hydrogen) atoms. The maximum atomic E-state index is 6.22. The molecule has 4 nitrogen and oxygen atoms in total. The van der Waals surface area contributed by atoms with Gasteiger partial charge >= 0.3 is 0 Å². The fraction of sp³-hybridized carbons (Fsp3) is 0.333. The second-order valence-electron chi connectivity index (χ2n) is 5.57. The molecule has 1 fully saturated rings. The molecular weight excluding hydrogens is 276 g/mol. The lowest BCUT2D eigenvalue weighted by Gasteiger charge is -2.22. The van der Waals surface area contributed by atoms with E-state index < -0.39 is 0 Å². The quantitative estimate of drug-likeness (QED) is 0.669. The first kappa shape index (κ1) is 14.7. The normalized spacial score (nSPS) is 14.8. The number of hydrogen-bond donors (Lipinski definition) is 1. The van der Waals surface area contributed by atoms with Gasteiger partial charge in [0.25, 0.3) is 0 Å². The van der Waals surface area contributed by atoms with E-state index >= 15 is 0 Å². The number of anilines is 2. The molecule has 2 aromatic rings. The second-order valence-corrected chi connectivity index (χ2v) is 5.57. The Balaban J connectivity index is 1.85. The Bertz CT molecular complexity index is 610. The lowest BCUT2D eigenvalue weighted by atomic mass is 10.2. The highest BCUT2D eigenvalue weighted by atomic mass is 16.5. The van der Waals surface area contributed by atoms with Crippen LogP contribution < -0.4 is 20.3 Å². The summed E-state index contributed by atoms with van der Waals surface area (Å²) in [6, 6.07) is 15.6. The fourth-order valence-electron chi connectivity index (χ4n) is 2.83. The summed E-state index contributed by atoms with van der Waals surface area (Å²) in [5.41, 5.74) is 1.81. The zero-order valence-electron chi connectivity index (χ0n) is 12.9. The molecule has 0 bridgehead atoms. The molecule has 2 aromatic carbocycles. The number of ether oxygens (including phenoxy) is 2. The van der Waals surface area contributed by atoms with E-state index in [1.54, 1.807) is 12.1 Å². The molecule has 0 amide bonds. The average Bonchev–Trinajstić information content (AvgIpc) is 3.08. The van der Waals surface area contributed by atoms with Crippen molar-refractivity contribution >= 4 is 11.4 Å². The Morgan fingerprint density at radius 3 is 2.36 bits per heavy atom. The summed E-state index contributed by atoms with van der Waals surface area (Å²) in [7, 11) is 1.66. The highest BCUT2D eigenvalue weighted by Crippen LogP contribution is 2.35. The highest BCUT2D eigenvalue weighted by molar-refractivity contribution is 5.65. The molecule has 0 unspecified atom stereocenters. The smallest absolute Gasteiger partial charge is 0.163 e. The first-order valence-electron chi connectivity index (χ1n) is 7.72. The molecule has 0 aromatic heterocycles. The van der Waals surface area contributed by atoms with Crippen molar-refractivity contribution in [1.82, 2.24) is 0 Å². The molecule has 1 aliphatic rings. The largest absolute Gasteiger partial charge is 0.493 e. The van der Waals surface area contributed by atoms with Gasteiger partial charge < -0.3 is 9.47 Å². The van der Waals surface area contributed by atoms with Crippen LogP contribution in [-0.2, 0) is 0 Å². The van der Waals surface area contributed by atoms with E-state index in [-0.39, 0.29) is 6.10 Å². The Kier molecular flexibility index (Phi) is 4.49. The molecule has 0 heterocycles. The molecule has 0 spiro atoms. The molecule has 0 aliphatic heterocycles. The molecule has 1 saturated carbocycles. The third kappa shape index (κ3) is 3.17. The van der Waals surface area contributed by atoms with Crippen LogP contribution in [0.15, 0.2) is 48.5 Å². The van der Waals surface area contributed by atoms with E-state index in [0.717, 1.165) is 35.7 Å². The summed E-state index contributed by atoms with van der Waals surface area (Å²) < 4.78 is 11.5. The Labute approximate surface area is 131 Å². The maximum absolute atomic E-state index is 6.22. The lowest BCUT2D eigenvalue weighted by molar-refractivity contribution is 0.201. The van der Waals surface area contributed by atoms with E-state index in [1.807, 2.05) is 48.5 Å². The van der Waals surface area contributed by atoms with Gasteiger partial charge in [-0.2, -0.15) is 0 Å². The van der Waals surface area contributed by atoms with Crippen LogP contribution in [0.1, 0.15) is 25.7 Å². The lowest BCUT2D eigenvalue weighted by Crippen LogP contribution is -2.24. The van der Waals surface area contributed by atoms with Gasteiger partial charge in [-0.25, -0.2) is 5.84 Å². The third-order valence-electron chi connectivity index (χ3n) is 4.06. The molecule has 4 heteroatoms. The monoisotopic (exact) mass is 298 g/mol. The maximum Gasteiger partial charge on any atom is 0.163 e. The minimum atomic E-state index is 0.284. The Morgan fingerprint density at radius 2 is 1.68 bits per heavy atom. The zero-order chi connectivity index (χ0) is 15.4. The van der Waals surface area contributed by atoms with Crippen molar-refractivity contribution in [1.29, 1.82) is 0 Å². The van der Waals surface area contributed by atoms with Crippen LogP contribution in [0, 0.1) is 0 Å². The van der Waals surface area contributed by atoms with E-state index in [0.29, 0.717) is 0 Å². The predicted octanol–water partition coefficient (Wildman–Crippen LogP) is 4.03. The molecule has 116 valence electrons. The van der Waals surface area contributed by atoms with Gasteiger partial charge in [0.05, 0.1) is 24.6 Å². The summed E-state index contributed by atoms with van der Waals surface area (Å²) in [6.45, 7) is 0. The van der Waals surface area contributed by atoms with Gasteiger partial charge in [-0.3, -0.25) is 5.01 Å². The molecule has 1 aliphatic carbocycles. The van der Waals surface area contributed by atoms with Crippen molar-refractivity contribution in [2.24, 2.45) is 5.84 Å². The first-order chi connectivity index (χ1) is 10.8. The second kappa shape index (κ2) is 6.71. The molecule has 0 saturated heterocycles. The van der Waals surface area contributed by atoms with Gasteiger partial charge in [-0.05, 0) is 49.9 Å². The summed E-state index contributed by atoms with van der Waals surface area (Å²) in [5.74, 6) is 7.73. The number of benzene rings is 2. The van der Waals surface area contributed by atoms with Crippen LogP contribution in [0.2, 0.25) is 0 Å². The predicted molar refractivity (Wildman–Crippen MR) is 88.6 cm³/mol. The van der Waals surface area contributed by atoms with Crippen LogP contribution in [0.5, 0.6) is 11.5 Å². The molecule has 0 radical (unpaired) electrons. The van der Waals surface area contributed by atoms with E-state index in [2.05, 4.69) is 0 Å². The topological polar surface area (TPSA) is 47.7 Å². The minimum Gasteiger partial charge on any atom is -0.493 e. The van der Waals surface area contributed by atoms with Gasteiger partial charge in [0.2, 0.25) is 0 Å². The van der Waals surface area contributed by atoms with Crippen molar-refractivity contribution in [3.63, 3.8) is 0 Å². The van der Waals surface area contributed by atoms with Crippen LogP contribution in [0.25, 0.3) is 0 Å². The number of nitrogens with zero attached hydrogens (tertiary/aromatic N) is 1. The van der Waals surface area contributed by atoms with Gasteiger partial charge in [-0.1, -0.05) is 18.2 Å². The standard InChI is InChI=1S/C18H22N2O2/c1-21-17-12-11-15(20(19)14-7-3-2-4-8-14)13-18(17)22-16-9-5-6-10-16/h2-4,7-8,11-13,16H,5-6,9-10,19H2,1H3. The summed E-state index contributed by atoms with van der Waals surface area (Å²) in [6.07, 6.45) is 4.98. The molecular formula is C18H22N2O2. The Hall–Kier alpha value is -2.20. The van der Waals surface area contributed by atoms with E-state index in [9.17, 15) is 0 Å². The highest BCUT2D eigenvalue weighted by Gasteiger charge is 2.19. The molecule has 3 rings (SSSR count). The first-order valence-corrected chi connectivity index (χ1v) is 7.72. The fourth-order valence-corrected chi connectivity index (χ4v) is 2.83. The van der Waals surface area contributed by atoms with Crippen LogP contribution in [-0.4, -0.2) is 13.2 Å². The van der Waals surface area contributed by atoms with Gasteiger partial charge in [0.15, 0.2) is 11.5 Å². The summed E-state index contributed by atoms with van der Waals surface area (Å²) >= 11 is 0. The van der Waals surface area contributed by atoms with Crippen LogP contribution in [0.3, 0.4) is 0 Å². The number of rotatable bonds is 5. The van der Waals surface area contributed by atoms with Gasteiger partial charge in [0.1, 0.15) is 0 Å². The molecule has 0 atom stereocenters. The van der Waals surface area contributed by atoms with Crippen molar-refractivity contribution in [2.45, 2.75) is 31.8 Å². The SMILES string of the molecule is COc1ccc(N(N)c2ccccc2)cc1OC1CCCC1. The Morgan fingerprint density at radius 1 is 0.955 bits per heavy atom. The van der Waals surface area contributed by atoms with Crippen molar-refractivity contribution in [3.05, 3.63) is 48.5 Å². The van der Waals surface area contributed by atoms with Gasteiger partial charge in [0, 0.05) is 6.07 Å². The summed E-state index contributed by atoms with van der Waals surface area (Å²) in [4.78, 5) is 0. The van der Waals surface area contributed by atoms with Crippen LogP contribution in [0.4, 0.5) is 11.4 Å². The van der Waals surface area contributed by atoms with Gasteiger partial charge in [-0.15, -0.1) is 0 Å². The zero-order valence-corrected chi connectivity index (χ0v) is 12.9. The van der Waals surface area contributed by atoms with E-state index in [4.69, 9.17) is 15.3 Å². The number of para-hydroxylation sites is 1. The summed E-state index contributed by atoms with van der Waals surface area (Å²) in [5, 5.41) is 1.65. The number of hydrogen-bond acceptors (Lipinski definition) is 4.